The molecule has 5 heteroatoms. The fraction of sp³-hybridized carbons (Fsp3) is 0.733. The Kier molecular flexibility index (Phi) is 5.17. The maximum atomic E-state index is 12.7. The van der Waals surface area contributed by atoms with E-state index in [-0.39, 0.29) is 5.91 Å². The lowest BCUT2D eigenvalue weighted by Crippen LogP contribution is -2.41. The molecular weight excluding hydrogens is 252 g/mol. The number of hydrogen-bond acceptors (Lipinski definition) is 3. The monoisotopic (exact) mass is 278 g/mol. The second kappa shape index (κ2) is 6.88. The summed E-state index contributed by atoms with van der Waals surface area (Å²) in [6.45, 7) is 9.48. The zero-order valence-corrected chi connectivity index (χ0v) is 12.9. The third-order valence-electron chi connectivity index (χ3n) is 3.98. The molecule has 0 aliphatic carbocycles. The standard InChI is InChI=1S/C15H26N4O/c1-4-12-10-14(19(6-3)17-12)15(20)18(5-2)11-13-8-7-9-16-13/h10,13,16H,4-9,11H2,1-3H3. The molecule has 1 fully saturated rings. The number of aromatic nitrogens is 2. The van der Waals surface area contributed by atoms with Gasteiger partial charge in [0.25, 0.3) is 5.91 Å². The summed E-state index contributed by atoms with van der Waals surface area (Å²) in [4.78, 5) is 14.6. The zero-order chi connectivity index (χ0) is 14.5. The molecule has 2 rings (SSSR count). The molecule has 1 saturated heterocycles. The molecule has 1 unspecified atom stereocenters. The van der Waals surface area contributed by atoms with Crippen LogP contribution >= 0.6 is 0 Å². The highest BCUT2D eigenvalue weighted by Gasteiger charge is 2.23. The van der Waals surface area contributed by atoms with Crippen LogP contribution in [-0.2, 0) is 13.0 Å². The van der Waals surface area contributed by atoms with Crippen molar-refractivity contribution in [1.82, 2.24) is 20.0 Å². The Labute approximate surface area is 121 Å². The van der Waals surface area contributed by atoms with Gasteiger partial charge in [-0.2, -0.15) is 5.10 Å². The molecule has 0 aromatic carbocycles. The lowest BCUT2D eigenvalue weighted by Gasteiger charge is -2.24. The summed E-state index contributed by atoms with van der Waals surface area (Å²) >= 11 is 0. The number of carbonyl (C=O) groups is 1. The van der Waals surface area contributed by atoms with Crippen LogP contribution in [0.2, 0.25) is 0 Å². The number of likely N-dealkylation sites (N-methyl/N-ethyl adjacent to an activating group) is 1. The number of rotatable bonds is 6. The summed E-state index contributed by atoms with van der Waals surface area (Å²) in [7, 11) is 0. The molecule has 1 N–H and O–H groups in total. The van der Waals surface area contributed by atoms with Gasteiger partial charge in [-0.3, -0.25) is 9.48 Å². The topological polar surface area (TPSA) is 50.2 Å². The van der Waals surface area contributed by atoms with Crippen molar-refractivity contribution in [3.05, 3.63) is 17.5 Å². The second-order valence-electron chi connectivity index (χ2n) is 5.33. The van der Waals surface area contributed by atoms with E-state index >= 15 is 0 Å². The van der Waals surface area contributed by atoms with Crippen LogP contribution in [-0.4, -0.2) is 46.3 Å². The van der Waals surface area contributed by atoms with Gasteiger partial charge in [-0.05, 0) is 45.7 Å². The van der Waals surface area contributed by atoms with E-state index in [0.717, 1.165) is 50.4 Å². The molecule has 1 aliphatic rings. The molecule has 1 aromatic heterocycles. The van der Waals surface area contributed by atoms with Crippen LogP contribution in [0.4, 0.5) is 0 Å². The van der Waals surface area contributed by atoms with Crippen LogP contribution in [0.25, 0.3) is 0 Å². The third kappa shape index (κ3) is 3.20. The molecule has 0 bridgehead atoms. The summed E-state index contributed by atoms with van der Waals surface area (Å²) in [6, 6.07) is 2.39. The fourth-order valence-corrected chi connectivity index (χ4v) is 2.75. The molecule has 1 aromatic rings. The number of hydrogen-bond donors (Lipinski definition) is 1. The highest BCUT2D eigenvalue weighted by Crippen LogP contribution is 2.12. The lowest BCUT2D eigenvalue weighted by atomic mass is 10.2. The molecule has 1 atom stereocenters. The summed E-state index contributed by atoms with van der Waals surface area (Å²) in [5.41, 5.74) is 1.72. The van der Waals surface area contributed by atoms with Gasteiger partial charge in [-0.1, -0.05) is 6.92 Å². The van der Waals surface area contributed by atoms with E-state index in [4.69, 9.17) is 0 Å². The van der Waals surface area contributed by atoms with Gasteiger partial charge >= 0.3 is 0 Å². The fourth-order valence-electron chi connectivity index (χ4n) is 2.75. The van der Waals surface area contributed by atoms with Gasteiger partial charge in [-0.15, -0.1) is 0 Å². The summed E-state index contributed by atoms with van der Waals surface area (Å²) in [6.07, 6.45) is 3.24. The van der Waals surface area contributed by atoms with Gasteiger partial charge in [-0.25, -0.2) is 0 Å². The minimum Gasteiger partial charge on any atom is -0.336 e. The molecule has 0 radical (unpaired) electrons. The van der Waals surface area contributed by atoms with Gasteiger partial charge in [0.2, 0.25) is 0 Å². The SMILES string of the molecule is CCc1cc(C(=O)N(CC)CC2CCCN2)n(CC)n1. The van der Waals surface area contributed by atoms with Gasteiger partial charge in [0, 0.05) is 25.7 Å². The van der Waals surface area contributed by atoms with Gasteiger partial charge in [0.1, 0.15) is 5.69 Å². The first-order chi connectivity index (χ1) is 9.69. The van der Waals surface area contributed by atoms with Crippen LogP contribution in [0, 0.1) is 0 Å². The Morgan fingerprint density at radius 2 is 2.30 bits per heavy atom. The zero-order valence-electron chi connectivity index (χ0n) is 12.9. The van der Waals surface area contributed by atoms with Crippen molar-refractivity contribution >= 4 is 5.91 Å². The Morgan fingerprint density at radius 1 is 1.50 bits per heavy atom. The Hall–Kier alpha value is -1.36. The normalized spacial score (nSPS) is 18.4. The van der Waals surface area contributed by atoms with Crippen LogP contribution in [0.15, 0.2) is 6.07 Å². The van der Waals surface area contributed by atoms with Crippen molar-refractivity contribution in [3.8, 4) is 0 Å². The highest BCUT2D eigenvalue weighted by molar-refractivity contribution is 5.92. The molecule has 112 valence electrons. The minimum atomic E-state index is 0.107. The van der Waals surface area contributed by atoms with Crippen molar-refractivity contribution in [1.29, 1.82) is 0 Å². The Bertz CT molecular complexity index is 449. The first kappa shape index (κ1) is 15.0. The van der Waals surface area contributed by atoms with Crippen molar-refractivity contribution in [3.63, 3.8) is 0 Å². The van der Waals surface area contributed by atoms with Crippen LogP contribution in [0.3, 0.4) is 0 Å². The first-order valence-electron chi connectivity index (χ1n) is 7.78. The second-order valence-corrected chi connectivity index (χ2v) is 5.33. The quantitative estimate of drug-likeness (QED) is 0.861. The van der Waals surface area contributed by atoms with Crippen molar-refractivity contribution in [2.45, 2.75) is 52.6 Å². The van der Waals surface area contributed by atoms with Crippen LogP contribution in [0.5, 0.6) is 0 Å². The van der Waals surface area contributed by atoms with Crippen molar-refractivity contribution in [2.24, 2.45) is 0 Å². The number of nitrogens with zero attached hydrogens (tertiary/aromatic N) is 3. The van der Waals surface area contributed by atoms with Crippen molar-refractivity contribution < 1.29 is 4.79 Å². The number of aryl methyl sites for hydroxylation is 2. The van der Waals surface area contributed by atoms with Gasteiger partial charge < -0.3 is 10.2 Å². The molecular formula is C15H26N4O. The van der Waals surface area contributed by atoms with Crippen LogP contribution in [0.1, 0.15) is 49.8 Å². The Balaban J connectivity index is 2.12. The largest absolute Gasteiger partial charge is 0.336 e. The van der Waals surface area contributed by atoms with E-state index in [1.54, 1.807) is 0 Å². The number of nitrogens with one attached hydrogen (secondary N) is 1. The Morgan fingerprint density at radius 3 is 2.85 bits per heavy atom. The summed E-state index contributed by atoms with van der Waals surface area (Å²) < 4.78 is 1.83. The lowest BCUT2D eigenvalue weighted by molar-refractivity contribution is 0.0739. The molecule has 5 nitrogen and oxygen atoms in total. The van der Waals surface area contributed by atoms with Crippen molar-refractivity contribution in [2.75, 3.05) is 19.6 Å². The van der Waals surface area contributed by atoms with Gasteiger partial charge in [0.05, 0.1) is 5.69 Å². The molecule has 0 saturated carbocycles. The minimum absolute atomic E-state index is 0.107. The average molecular weight is 278 g/mol. The highest BCUT2D eigenvalue weighted by atomic mass is 16.2. The predicted molar refractivity (Wildman–Crippen MR) is 79.9 cm³/mol. The van der Waals surface area contributed by atoms with E-state index < -0.39 is 0 Å². The molecule has 1 aliphatic heterocycles. The molecule has 20 heavy (non-hydrogen) atoms. The van der Waals surface area contributed by atoms with E-state index in [0.29, 0.717) is 6.04 Å². The first-order valence-corrected chi connectivity index (χ1v) is 7.78. The maximum absolute atomic E-state index is 12.7. The van der Waals surface area contributed by atoms with E-state index in [9.17, 15) is 4.79 Å². The summed E-state index contributed by atoms with van der Waals surface area (Å²) in [5, 5.41) is 7.93. The number of carbonyl (C=O) groups excluding carboxylic acids is 1. The summed E-state index contributed by atoms with van der Waals surface area (Å²) in [5.74, 6) is 0.107. The molecule has 1 amide bonds. The van der Waals surface area contributed by atoms with Gasteiger partial charge in [0.15, 0.2) is 0 Å². The predicted octanol–water partition coefficient (Wildman–Crippen LogP) is 1.68. The average Bonchev–Trinajstić information content (AvgIpc) is 3.12. The molecule has 2 heterocycles. The van der Waals surface area contributed by atoms with E-state index in [1.165, 1.54) is 6.42 Å². The molecule has 0 spiro atoms. The smallest absolute Gasteiger partial charge is 0.272 e. The van der Waals surface area contributed by atoms with Crippen LogP contribution < -0.4 is 5.32 Å². The van der Waals surface area contributed by atoms with E-state index in [1.807, 2.05) is 29.5 Å². The number of amides is 1. The third-order valence-corrected chi connectivity index (χ3v) is 3.98. The maximum Gasteiger partial charge on any atom is 0.272 e. The van der Waals surface area contributed by atoms with E-state index in [2.05, 4.69) is 17.3 Å².